The van der Waals surface area contributed by atoms with Crippen molar-refractivity contribution in [2.24, 2.45) is 5.73 Å². The van der Waals surface area contributed by atoms with Gasteiger partial charge in [-0.25, -0.2) is 5.09 Å². The van der Waals surface area contributed by atoms with Crippen LogP contribution >= 0.6 is 108 Å². The molecule has 0 aromatic heterocycles. The van der Waals surface area contributed by atoms with E-state index < -0.39 is 75.8 Å². The maximum Gasteiger partial charge on any atom is 1.00 e. The number of nitrogens with one attached hydrogen (secondary N) is 1. The fraction of sp³-hybridized carbons (Fsp3) is 1.00. The van der Waals surface area contributed by atoms with Crippen LogP contribution in [0.25, 0.3) is 0 Å². The fourth-order valence-electron chi connectivity index (χ4n) is 4.90. The van der Waals surface area contributed by atoms with E-state index in [4.69, 9.17) is 81.8 Å². The summed E-state index contributed by atoms with van der Waals surface area (Å²) in [6, 6.07) is 0.767. The van der Waals surface area contributed by atoms with Crippen molar-refractivity contribution in [3.05, 3.63) is 0 Å². The van der Waals surface area contributed by atoms with Gasteiger partial charge < -0.3 is 57.5 Å². The third-order valence-electron chi connectivity index (χ3n) is 7.73. The Hall–Kier alpha value is 3.50. The first-order chi connectivity index (χ1) is 32.9. The summed E-state index contributed by atoms with van der Waals surface area (Å²) in [5, 5.41) is 3.02. The molecule has 0 spiro atoms. The van der Waals surface area contributed by atoms with Gasteiger partial charge in [-0.05, 0) is 94.3 Å². The molecule has 0 aromatic carbocycles. The average Bonchev–Trinajstić information content (AvgIpc) is 3.57. The van der Waals surface area contributed by atoms with Gasteiger partial charge in [0.05, 0.1) is 65.1 Å². The Balaban J connectivity index is -0.000000236. The van der Waals surface area contributed by atoms with Crippen molar-refractivity contribution < 1.29 is 125 Å². The molecular formula is C36H85Cl4N2NaO20P8+2. The van der Waals surface area contributed by atoms with Crippen LogP contribution in [0.5, 0.6) is 0 Å². The minimum Gasteiger partial charge on any atom is -0.870 e. The van der Waals surface area contributed by atoms with E-state index in [0.717, 1.165) is 19.3 Å². The molecule has 4 N–H and O–H groups in total. The van der Waals surface area contributed by atoms with Crippen LogP contribution in [0.1, 0.15) is 82.8 Å². The van der Waals surface area contributed by atoms with Gasteiger partial charge in [0.25, 0.3) is 14.2 Å². The smallest absolute Gasteiger partial charge is 0.870 e. The van der Waals surface area contributed by atoms with Crippen LogP contribution in [0.4, 0.5) is 0 Å². The molecule has 35 heteroatoms. The molecule has 1 heterocycles. The van der Waals surface area contributed by atoms with E-state index in [1.54, 1.807) is 41.9 Å². The number of rotatable bonds is 28. The van der Waals surface area contributed by atoms with E-state index in [-0.39, 0.29) is 85.6 Å². The second-order valence-corrected chi connectivity index (χ2v) is 28.4. The van der Waals surface area contributed by atoms with Crippen molar-refractivity contribution in [3.8, 4) is 0 Å². The Labute approximate surface area is 475 Å². The van der Waals surface area contributed by atoms with Gasteiger partial charge in [0.15, 0.2) is 6.66 Å². The maximum atomic E-state index is 13.1. The SMILES string of the molecule is CC1CO[P+](=O)O1.COCC(C)OP(C)(=O)Cl.COCC(C)O[P+](C)=O.ClCl.NC1CCC1.[3H]C(P)OP(=O)(COCC(C)OP(C)(=O)NC1CCC1)OC(C)COCP(=O)(Cl)OC(C)COC.[3H]CP.[Na+].[OH-]. The molecular weight excluding hydrogens is 1190 g/mol. The molecule has 15 atom stereocenters. The van der Waals surface area contributed by atoms with Gasteiger partial charge in [0.2, 0.25) is 0 Å². The predicted molar refractivity (Wildman–Crippen MR) is 289 cm³/mol. The Bertz CT molecular complexity index is 1550. The molecule has 22 nitrogen and oxygen atoms in total. The average molecular weight is 1280 g/mol. The minimum absolute atomic E-state index is 0. The summed E-state index contributed by atoms with van der Waals surface area (Å²) < 4.78 is 149. The van der Waals surface area contributed by atoms with E-state index in [1.165, 1.54) is 46.4 Å². The van der Waals surface area contributed by atoms with E-state index >= 15 is 0 Å². The summed E-state index contributed by atoms with van der Waals surface area (Å²) in [4.78, 5) is 0. The molecule has 1 saturated heterocycles. The van der Waals surface area contributed by atoms with Gasteiger partial charge in [-0.15, -0.1) is 32.1 Å². The van der Waals surface area contributed by atoms with Crippen molar-refractivity contribution in [1.82, 2.24) is 5.09 Å². The molecule has 0 radical (unpaired) electrons. The summed E-state index contributed by atoms with van der Waals surface area (Å²) in [5.74, 6) is 0. The molecule has 3 rings (SSSR count). The van der Waals surface area contributed by atoms with Crippen molar-refractivity contribution in [2.45, 2.75) is 129 Å². The topological polar surface area (TPSA) is 290 Å². The van der Waals surface area contributed by atoms with Crippen LogP contribution in [0.2, 0.25) is 0 Å². The molecule has 3 fully saturated rings. The predicted octanol–water partition coefficient (Wildman–Crippen LogP) is 9.02. The van der Waals surface area contributed by atoms with Crippen LogP contribution in [0, 0.1) is 0 Å². The molecule has 0 bridgehead atoms. The summed E-state index contributed by atoms with van der Waals surface area (Å²) in [7, 11) is 7.03. The molecule has 2 aliphatic carbocycles. The number of ether oxygens (including phenoxy) is 5. The van der Waals surface area contributed by atoms with Gasteiger partial charge in [-0.1, -0.05) is 19.5 Å². The second-order valence-electron chi connectivity index (χ2n) is 15.3. The summed E-state index contributed by atoms with van der Waals surface area (Å²) >= 11 is 11.2. The van der Waals surface area contributed by atoms with Gasteiger partial charge in [-0.3, -0.25) is 18.3 Å². The van der Waals surface area contributed by atoms with E-state index in [9.17, 15) is 27.4 Å². The maximum absolute atomic E-state index is 13.1. The molecule has 1 aliphatic heterocycles. The van der Waals surface area contributed by atoms with E-state index in [1.807, 2.05) is 23.1 Å². The Morgan fingerprint density at radius 2 is 1.24 bits per heavy atom. The minimum atomic E-state index is -3.87. The van der Waals surface area contributed by atoms with E-state index in [2.05, 4.69) is 45.1 Å². The standard InChI is InChI=1S/C18H40ClNO10P4.C5H12ClO3P.C5H12O3P.C4H9N.C3H6O3P.CH5P.Cl2.Na.H2O/c1-15(9-24-4)29-33(19,22)13-25-11-17(3)30-34(23,27-12-31)14-26-10-16(2)28-32(5,21)20-18-7-6-8-18;1-5(4-8-2)9-10(3,6)7;1-5(4-7-2)8-9(3)6;5-4-2-1-3-4;1-3-2-5-7(4)6-3;2*1-2;;/h15-18H,6-14,31H2,1-5H3,(H,20,21);5H,4H2,1-3H3;5H,4H2,1-3H3;4H,1-3,5H2;3H,2H2,1H3;2H2,1H3;;;1H2/q;;+1;;+1;;;+1;/p-1/i12T;;;;;1T;;;. The van der Waals surface area contributed by atoms with Gasteiger partial charge in [-0.2, -0.15) is 0 Å². The number of nitrogens with two attached hydrogens (primary N) is 1. The largest absolute Gasteiger partial charge is 1.00 e. The number of hydrogen-bond acceptors (Lipinski definition) is 21. The van der Waals surface area contributed by atoms with Gasteiger partial charge in [0, 0.05) is 74.4 Å². The zero-order chi connectivity index (χ0) is 55.9. The molecule has 71 heavy (non-hydrogen) atoms. The first-order valence-corrected chi connectivity index (χ1v) is 36.2. The monoisotopic (exact) mass is 1280 g/mol. The van der Waals surface area contributed by atoms with Crippen LogP contribution in [-0.2, 0) is 87.3 Å². The van der Waals surface area contributed by atoms with Crippen LogP contribution in [0.15, 0.2) is 0 Å². The third-order valence-corrected chi connectivity index (χ3v) is 15.5. The number of halogens is 4. The normalized spacial score (nSPS) is 22.0. The summed E-state index contributed by atoms with van der Waals surface area (Å²) in [5.41, 5.74) is 5.38. The van der Waals surface area contributed by atoms with Crippen LogP contribution < -0.4 is 40.4 Å². The molecule has 15 unspecified atom stereocenters. The second kappa shape index (κ2) is 51.6. The molecule has 0 amide bonds. The summed E-state index contributed by atoms with van der Waals surface area (Å²) in [6.45, 7) is 10.2. The zero-order valence-electron chi connectivity index (χ0n) is 45.4. The molecule has 3 aliphatic rings. The Morgan fingerprint density at radius 3 is 1.58 bits per heavy atom. The Morgan fingerprint density at radius 1 is 0.817 bits per heavy atom. The molecule has 0 aromatic rings. The van der Waals surface area contributed by atoms with Crippen molar-refractivity contribution in [3.63, 3.8) is 0 Å². The van der Waals surface area contributed by atoms with Crippen molar-refractivity contribution in [2.75, 3.05) is 107 Å². The van der Waals surface area contributed by atoms with Gasteiger partial charge in [0.1, 0.15) is 31.5 Å². The summed E-state index contributed by atoms with van der Waals surface area (Å²) in [6.07, 6.45) is 2.83. The number of hydrogen-bond donors (Lipinski definition) is 2. The van der Waals surface area contributed by atoms with Crippen molar-refractivity contribution >= 4 is 108 Å². The van der Waals surface area contributed by atoms with E-state index in [0.29, 0.717) is 32.5 Å². The molecule has 426 valence electrons. The van der Waals surface area contributed by atoms with Gasteiger partial charge >= 0.3 is 60.2 Å². The fourth-order valence-corrected chi connectivity index (χ4v) is 12.5. The third kappa shape index (κ3) is 58.0. The zero-order valence-corrected chi connectivity index (χ0v) is 56.1. The quantitative estimate of drug-likeness (QED) is 0.0545. The first kappa shape index (κ1) is 81.0. The van der Waals surface area contributed by atoms with Crippen LogP contribution in [-0.4, -0.2) is 161 Å². The Kier molecular flexibility index (Phi) is 58.9. The first-order valence-electron chi connectivity index (χ1n) is 22.6. The molecule has 2 saturated carbocycles. The van der Waals surface area contributed by atoms with Crippen LogP contribution in [0.3, 0.4) is 0 Å². The number of methoxy groups -OCH3 is 3. The van der Waals surface area contributed by atoms with Crippen molar-refractivity contribution in [1.29, 1.82) is 0 Å².